The molecule has 2 saturated heterocycles. The highest BCUT2D eigenvalue weighted by atomic mass is 19.1. The van der Waals surface area contributed by atoms with E-state index < -0.39 is 11.9 Å². The number of furan rings is 3. The summed E-state index contributed by atoms with van der Waals surface area (Å²) < 4.78 is 131. The van der Waals surface area contributed by atoms with E-state index >= 15 is 0 Å². The fourth-order valence-corrected chi connectivity index (χ4v) is 15.8. The second kappa shape index (κ2) is 48.6. The number of piperazine rings is 1. The molecule has 3 N–H and O–H groups in total. The minimum Gasteiger partial charge on any atom is -0.493 e. The molecule has 134 heavy (non-hydrogen) atoms. The summed E-state index contributed by atoms with van der Waals surface area (Å²) in [4.78, 5) is 84.1. The zero-order valence-corrected chi connectivity index (χ0v) is 77.5. The van der Waals surface area contributed by atoms with Crippen molar-refractivity contribution in [3.63, 3.8) is 0 Å². The lowest BCUT2D eigenvalue weighted by Crippen LogP contribution is -2.45. The third-order valence-electron chi connectivity index (χ3n) is 22.9. The number of nitrogens with zero attached hydrogens (tertiary/aromatic N) is 4. The van der Waals surface area contributed by atoms with E-state index in [0.29, 0.717) is 120 Å². The van der Waals surface area contributed by atoms with E-state index in [1.807, 2.05) is 58.0 Å². The summed E-state index contributed by atoms with van der Waals surface area (Å²) in [5.74, 6) is 2.02. The molecule has 29 nitrogen and oxygen atoms in total. The summed E-state index contributed by atoms with van der Waals surface area (Å²) in [6.07, 6.45) is 10.7. The number of benzene rings is 6. The van der Waals surface area contributed by atoms with Crippen LogP contribution in [0.25, 0.3) is 51.7 Å². The average molecular weight is 1850 g/mol. The standard InChI is InChI=1S/C35H40FN3O7.C34H37FN2O8.C33H37FN2O7/c1-23-28(27-8-7-25(36)19-30(27)29(23)20-33(40)37-21-26-6-5-14-44-26)16-24-17-31(42-3)35(32(18-24)43-4)46-22-34(41)45-15-13-39-11-9-38(2)10-12-39;1-22-27(26-7-6-24(35)18-29(26)28(22)19-32(38)36-20-25-5-4-11-43-25)15-23-16-30(40-2)34(31(17-23)41-3)45-21-33(39)44-14-10-37-8-12-42-13-9-37;1-21-26(25-9-8-23(34)18-28(25)27(21)19-31(37)35-20-24-7-6-12-41-24)15-22-16-29(39-4)33(30(17-22)40-5)43-13-10-32(38)42-14-11-36(2)3/h5-8,14,16-19H,9-13,15,20-22H2,1-4H3,(H,37,40);4-7,11,15-18H,8-10,12-14,19-21H2,1-3H3,(H,36,38);6-9,12,15-18H,10-11,13-14,19-20H2,1-5H3,(H,35,37)/b28-16-;27-15-;26-15-. The van der Waals surface area contributed by atoms with Gasteiger partial charge in [-0.05, 0) is 270 Å². The molecule has 2 aliphatic heterocycles. The van der Waals surface area contributed by atoms with E-state index in [9.17, 15) is 41.9 Å². The highest BCUT2D eigenvalue weighted by Crippen LogP contribution is 2.50. The van der Waals surface area contributed by atoms with Crippen LogP contribution < -0.4 is 58.6 Å². The first kappa shape index (κ1) is 99.2. The Hall–Kier alpha value is -13.8. The third-order valence-corrected chi connectivity index (χ3v) is 22.9. The molecule has 5 aliphatic rings. The maximum Gasteiger partial charge on any atom is 0.344 e. The largest absolute Gasteiger partial charge is 0.493 e. The van der Waals surface area contributed by atoms with Crippen molar-refractivity contribution in [3.8, 4) is 51.7 Å². The Morgan fingerprint density at radius 2 is 0.731 bits per heavy atom. The highest BCUT2D eigenvalue weighted by Gasteiger charge is 2.32. The Morgan fingerprint density at radius 1 is 0.403 bits per heavy atom. The molecule has 32 heteroatoms. The number of rotatable bonds is 40. The van der Waals surface area contributed by atoms with Crippen LogP contribution in [0.1, 0.15) is 114 Å². The number of nitrogens with one attached hydrogen (secondary N) is 3. The Bertz CT molecular complexity index is 5730. The molecule has 710 valence electrons. The van der Waals surface area contributed by atoms with Crippen molar-refractivity contribution in [3.05, 3.63) is 248 Å². The summed E-state index contributed by atoms with van der Waals surface area (Å²) in [5, 5.41) is 8.58. The van der Waals surface area contributed by atoms with Crippen molar-refractivity contribution in [2.24, 2.45) is 0 Å². The van der Waals surface area contributed by atoms with E-state index in [2.05, 4.69) is 37.7 Å². The number of morpholine rings is 1. The van der Waals surface area contributed by atoms with Gasteiger partial charge >= 0.3 is 17.9 Å². The van der Waals surface area contributed by atoms with E-state index in [4.69, 9.17) is 74.8 Å². The predicted molar refractivity (Wildman–Crippen MR) is 498 cm³/mol. The maximum absolute atomic E-state index is 14.4. The van der Waals surface area contributed by atoms with E-state index in [1.54, 1.807) is 110 Å². The van der Waals surface area contributed by atoms with Crippen LogP contribution in [0, 0.1) is 17.5 Å². The second-order valence-corrected chi connectivity index (χ2v) is 32.2. The third kappa shape index (κ3) is 27.0. The Balaban J connectivity index is 0.000000181. The highest BCUT2D eigenvalue weighted by molar-refractivity contribution is 6.11. The number of fused-ring (bicyclic) bond motifs is 3. The molecule has 0 saturated carbocycles. The Labute approximate surface area is 776 Å². The van der Waals surface area contributed by atoms with Crippen LogP contribution in [0.5, 0.6) is 51.7 Å². The number of carbonyl (C=O) groups excluding carboxylic acids is 6. The van der Waals surface area contributed by atoms with Crippen LogP contribution in [0.3, 0.4) is 0 Å². The van der Waals surface area contributed by atoms with Crippen LogP contribution in [0.2, 0.25) is 0 Å². The van der Waals surface area contributed by atoms with E-state index in [0.717, 1.165) is 123 Å². The molecule has 0 radical (unpaired) electrons. The van der Waals surface area contributed by atoms with Gasteiger partial charge in [-0.2, -0.15) is 0 Å². The van der Waals surface area contributed by atoms with Crippen molar-refractivity contribution in [1.29, 1.82) is 0 Å². The van der Waals surface area contributed by atoms with Crippen molar-refractivity contribution in [1.82, 2.24) is 35.6 Å². The minimum absolute atomic E-state index is 0.0702. The lowest BCUT2D eigenvalue weighted by Gasteiger charge is -2.32. The molecule has 0 unspecified atom stereocenters. The number of hydrogen-bond acceptors (Lipinski definition) is 26. The second-order valence-electron chi connectivity index (χ2n) is 32.2. The van der Waals surface area contributed by atoms with E-state index in [-0.39, 0.29) is 124 Å². The Morgan fingerprint density at radius 3 is 1.05 bits per heavy atom. The summed E-state index contributed by atoms with van der Waals surface area (Å²) in [5.41, 5.74) is 13.9. The van der Waals surface area contributed by atoms with Crippen LogP contribution in [0.15, 0.2) is 176 Å². The fraction of sp³-hybridized carbons (Fsp3) is 0.353. The van der Waals surface area contributed by atoms with Gasteiger partial charge in [0.05, 0.1) is 127 Å². The summed E-state index contributed by atoms with van der Waals surface area (Å²) >= 11 is 0. The zero-order chi connectivity index (χ0) is 95.3. The molecule has 14 rings (SSSR count). The van der Waals surface area contributed by atoms with Gasteiger partial charge in [0.2, 0.25) is 35.0 Å². The number of carbonyl (C=O) groups is 6. The lowest BCUT2D eigenvalue weighted by atomic mass is 10.00. The number of amides is 3. The molecule has 9 aromatic rings. The van der Waals surface area contributed by atoms with Gasteiger partial charge in [0.1, 0.15) is 54.6 Å². The lowest BCUT2D eigenvalue weighted by molar-refractivity contribution is -0.147. The molecular weight excluding hydrogens is 1730 g/mol. The first-order valence-electron chi connectivity index (χ1n) is 43.8. The fourth-order valence-electron chi connectivity index (χ4n) is 15.8. The number of methoxy groups -OCH3 is 6. The van der Waals surface area contributed by atoms with Gasteiger partial charge in [0.15, 0.2) is 47.7 Å². The van der Waals surface area contributed by atoms with Crippen LogP contribution in [-0.2, 0) is 67.3 Å². The van der Waals surface area contributed by atoms with Crippen LogP contribution in [0.4, 0.5) is 13.2 Å². The molecule has 5 heterocycles. The zero-order valence-electron chi connectivity index (χ0n) is 77.5. The average Bonchev–Trinajstić information content (AvgIpc) is 1.62. The maximum atomic E-state index is 14.4. The molecule has 0 spiro atoms. The van der Waals surface area contributed by atoms with Crippen molar-refractivity contribution >= 4 is 87.3 Å². The Kier molecular flexibility index (Phi) is 36.0. The normalized spacial score (nSPS) is 15.0. The van der Waals surface area contributed by atoms with E-state index in [1.165, 1.54) is 79.1 Å². The first-order chi connectivity index (χ1) is 64.8. The number of ether oxygens (including phenoxy) is 13. The van der Waals surface area contributed by atoms with Crippen molar-refractivity contribution in [2.45, 2.75) is 66.1 Å². The molecule has 3 aromatic heterocycles. The molecule has 3 aliphatic carbocycles. The first-order valence-corrected chi connectivity index (χ1v) is 43.8. The summed E-state index contributed by atoms with van der Waals surface area (Å²) in [6, 6.07) is 35.0. The number of likely N-dealkylation sites (N-methyl/N-ethyl adjacent to an activating group) is 2. The van der Waals surface area contributed by atoms with Crippen LogP contribution >= 0.6 is 0 Å². The topological polar surface area (TPSA) is 311 Å². The number of hydrogen-bond donors (Lipinski definition) is 3. The molecular formula is C102H114F3N7O22. The number of allylic oxidation sites excluding steroid dienone is 6. The van der Waals surface area contributed by atoms with Gasteiger partial charge in [-0.15, -0.1) is 0 Å². The SMILES string of the molecule is COc1cc(/C=C2/C(C)=C(CC(=O)NCc3ccco3)c3cc(F)ccc32)cc(OC)c1OCC(=O)OCCN1CCN(C)CC1.COc1cc(/C=C2/C(C)=C(CC(=O)NCc3ccco3)c3cc(F)ccc32)cc(OC)c1OCC(=O)OCCN1CCOCC1.COc1cc(/C=C2/C(C)=C(CC(=O)NCc3ccco3)c3cc(F)ccc32)cc(OC)c1OCCC(=O)OCCN(C)C. The number of esters is 3. The van der Waals surface area contributed by atoms with Gasteiger partial charge in [-0.3, -0.25) is 29.0 Å². The predicted octanol–water partition coefficient (Wildman–Crippen LogP) is 14.7. The molecule has 3 amide bonds. The van der Waals surface area contributed by atoms with Gasteiger partial charge < -0.3 is 101 Å². The molecule has 0 atom stereocenters. The quantitative estimate of drug-likeness (QED) is 0.0237. The monoisotopic (exact) mass is 1850 g/mol. The van der Waals surface area contributed by atoms with Gasteiger partial charge in [0, 0.05) is 58.9 Å². The molecule has 0 bridgehead atoms. The van der Waals surface area contributed by atoms with Gasteiger partial charge in [0.25, 0.3) is 0 Å². The molecule has 6 aromatic carbocycles. The minimum atomic E-state index is -0.505. The smallest absolute Gasteiger partial charge is 0.344 e. The summed E-state index contributed by atoms with van der Waals surface area (Å²) in [6.45, 7) is 15.7. The van der Waals surface area contributed by atoms with Crippen molar-refractivity contribution < 1.29 is 117 Å². The van der Waals surface area contributed by atoms with Crippen molar-refractivity contribution in [2.75, 3.05) is 176 Å². The van der Waals surface area contributed by atoms with Gasteiger partial charge in [-0.25, -0.2) is 22.8 Å². The van der Waals surface area contributed by atoms with Crippen LogP contribution in [-0.4, -0.2) is 231 Å². The van der Waals surface area contributed by atoms with Gasteiger partial charge in [-0.1, -0.05) is 18.2 Å². The number of halogens is 3. The summed E-state index contributed by atoms with van der Waals surface area (Å²) in [7, 11) is 14.9. The molecule has 2 fully saturated rings.